The molecule has 55 heavy (non-hydrogen) atoms. The number of hydrogen-bond donors (Lipinski definition) is 0. The molecule has 4 heteroatoms. The van der Waals surface area contributed by atoms with E-state index >= 15 is 0 Å². The Labute approximate surface area is 317 Å². The topological polar surface area (TPSA) is 43.6 Å². The Kier molecular flexibility index (Phi) is 7.14. The third-order valence-corrected chi connectivity index (χ3v) is 10.8. The van der Waals surface area contributed by atoms with Crippen molar-refractivity contribution in [3.63, 3.8) is 0 Å². The van der Waals surface area contributed by atoms with Crippen LogP contribution in [-0.4, -0.2) is 19.5 Å². The predicted molar refractivity (Wildman–Crippen MR) is 228 cm³/mol. The van der Waals surface area contributed by atoms with Gasteiger partial charge in [0.1, 0.15) is 0 Å². The molecule has 2 aromatic heterocycles. The van der Waals surface area contributed by atoms with Gasteiger partial charge in [0, 0.05) is 27.3 Å². The van der Waals surface area contributed by atoms with Gasteiger partial charge in [-0.25, -0.2) is 4.98 Å². The highest BCUT2D eigenvalue weighted by Crippen LogP contribution is 2.43. The Hall–Kier alpha value is -7.43. The maximum absolute atomic E-state index is 5.26. The molecule has 0 radical (unpaired) electrons. The fourth-order valence-corrected chi connectivity index (χ4v) is 8.30. The summed E-state index contributed by atoms with van der Waals surface area (Å²) in [5, 5.41) is 9.83. The molecule has 256 valence electrons. The van der Waals surface area contributed by atoms with Gasteiger partial charge in [-0.05, 0) is 67.4 Å². The zero-order valence-electron chi connectivity index (χ0n) is 29.8. The average Bonchev–Trinajstić information content (AvgIpc) is 3.61. The molecule has 0 aliphatic carbocycles. The smallest absolute Gasteiger partial charge is 0.238 e. The maximum Gasteiger partial charge on any atom is 0.238 e. The summed E-state index contributed by atoms with van der Waals surface area (Å²) in [6.45, 7) is 0. The quantitative estimate of drug-likeness (QED) is 0.168. The van der Waals surface area contributed by atoms with Gasteiger partial charge in [-0.3, -0.25) is 4.57 Å². The van der Waals surface area contributed by atoms with Gasteiger partial charge in [0.05, 0.1) is 11.0 Å². The molecule has 4 nitrogen and oxygen atoms in total. The third kappa shape index (κ3) is 5.11. The number of hydrogen-bond acceptors (Lipinski definition) is 3. The molecule has 0 aliphatic heterocycles. The van der Waals surface area contributed by atoms with Crippen molar-refractivity contribution >= 4 is 54.1 Å². The third-order valence-electron chi connectivity index (χ3n) is 10.8. The molecule has 0 saturated heterocycles. The van der Waals surface area contributed by atoms with E-state index in [4.69, 9.17) is 15.0 Å². The van der Waals surface area contributed by atoms with E-state index in [1.807, 2.05) is 18.2 Å². The van der Waals surface area contributed by atoms with Crippen LogP contribution in [0.2, 0.25) is 0 Å². The summed E-state index contributed by atoms with van der Waals surface area (Å²) in [4.78, 5) is 15.6. The van der Waals surface area contributed by atoms with Crippen molar-refractivity contribution in [2.45, 2.75) is 0 Å². The lowest BCUT2D eigenvalue weighted by molar-refractivity contribution is 0.953. The van der Waals surface area contributed by atoms with E-state index in [1.165, 1.54) is 48.8 Å². The van der Waals surface area contributed by atoms with Crippen LogP contribution < -0.4 is 0 Å². The highest BCUT2D eigenvalue weighted by atomic mass is 15.2. The van der Waals surface area contributed by atoms with E-state index in [0.29, 0.717) is 17.6 Å². The first-order valence-corrected chi connectivity index (χ1v) is 18.6. The highest BCUT2D eigenvalue weighted by Gasteiger charge is 2.21. The molecule has 0 saturated carbocycles. The molecule has 0 amide bonds. The van der Waals surface area contributed by atoms with Gasteiger partial charge >= 0.3 is 0 Å². The van der Waals surface area contributed by atoms with Gasteiger partial charge in [0.2, 0.25) is 5.95 Å². The molecule has 0 N–H and O–H groups in total. The minimum absolute atomic E-state index is 0.583. The fourth-order valence-electron chi connectivity index (χ4n) is 8.30. The predicted octanol–water partition coefficient (Wildman–Crippen LogP) is 13.1. The number of aromatic nitrogens is 4. The Morgan fingerprint density at radius 2 is 0.727 bits per heavy atom. The van der Waals surface area contributed by atoms with E-state index in [-0.39, 0.29) is 0 Å². The molecule has 11 aromatic rings. The van der Waals surface area contributed by atoms with Crippen LogP contribution in [0.5, 0.6) is 0 Å². The molecule has 0 fully saturated rings. The molecule has 0 unspecified atom stereocenters. The summed E-state index contributed by atoms with van der Waals surface area (Å²) in [5.74, 6) is 1.83. The summed E-state index contributed by atoms with van der Waals surface area (Å²) < 4.78 is 2.22. The van der Waals surface area contributed by atoms with Gasteiger partial charge in [0.25, 0.3) is 0 Å². The molecule has 11 rings (SSSR count). The molecule has 9 aromatic carbocycles. The number of benzene rings is 9. The first-order valence-electron chi connectivity index (χ1n) is 18.6. The van der Waals surface area contributed by atoms with Gasteiger partial charge in [0.15, 0.2) is 11.6 Å². The second-order valence-corrected chi connectivity index (χ2v) is 14.0. The Bertz CT molecular complexity index is 3200. The maximum atomic E-state index is 5.26. The first kappa shape index (κ1) is 31.1. The zero-order valence-corrected chi connectivity index (χ0v) is 29.8. The second-order valence-electron chi connectivity index (χ2n) is 14.0. The van der Waals surface area contributed by atoms with E-state index < -0.39 is 0 Å². The normalized spacial score (nSPS) is 11.6. The summed E-state index contributed by atoms with van der Waals surface area (Å²) in [6.07, 6.45) is 0. The molecule has 0 atom stereocenters. The van der Waals surface area contributed by atoms with Crippen LogP contribution >= 0.6 is 0 Å². The van der Waals surface area contributed by atoms with Gasteiger partial charge < -0.3 is 0 Å². The average molecular weight is 701 g/mol. The van der Waals surface area contributed by atoms with Gasteiger partial charge in [-0.1, -0.05) is 176 Å². The minimum atomic E-state index is 0.583. The van der Waals surface area contributed by atoms with E-state index in [0.717, 1.165) is 38.7 Å². The number of rotatable bonds is 5. The number of para-hydroxylation sites is 1. The summed E-state index contributed by atoms with van der Waals surface area (Å²) in [5.41, 5.74) is 8.65. The summed E-state index contributed by atoms with van der Waals surface area (Å²) in [7, 11) is 0. The SMILES string of the molecule is c1ccc(-c2cccc(-c3ccc(-c4nc(-c5ccccc5)nc(-n5c6ccccc6c6c7c8ccccc8c8ccccc8c7ccc65)n4)cc3)c2)cc1. The largest absolute Gasteiger partial charge is 0.278 e. The Balaban J connectivity index is 1.13. The Morgan fingerprint density at radius 1 is 0.273 bits per heavy atom. The lowest BCUT2D eigenvalue weighted by atomic mass is 9.92. The molecule has 2 heterocycles. The van der Waals surface area contributed by atoms with Crippen molar-refractivity contribution in [3.05, 3.63) is 194 Å². The van der Waals surface area contributed by atoms with Crippen LogP contribution in [0.25, 0.3) is 105 Å². The van der Waals surface area contributed by atoms with Crippen molar-refractivity contribution < 1.29 is 0 Å². The Morgan fingerprint density at radius 3 is 1.38 bits per heavy atom. The van der Waals surface area contributed by atoms with E-state index in [2.05, 4.69) is 180 Å². The van der Waals surface area contributed by atoms with Crippen molar-refractivity contribution in [1.29, 1.82) is 0 Å². The fraction of sp³-hybridized carbons (Fsp3) is 0. The lowest BCUT2D eigenvalue weighted by Gasteiger charge is -2.13. The number of fused-ring (bicyclic) bond motifs is 10. The zero-order chi connectivity index (χ0) is 36.3. The summed E-state index contributed by atoms with van der Waals surface area (Å²) in [6, 6.07) is 68.6. The van der Waals surface area contributed by atoms with Crippen molar-refractivity contribution in [2.24, 2.45) is 0 Å². The van der Waals surface area contributed by atoms with Crippen LogP contribution in [0, 0.1) is 0 Å². The second kappa shape index (κ2) is 12.6. The van der Waals surface area contributed by atoms with Crippen molar-refractivity contribution in [3.8, 4) is 51.0 Å². The van der Waals surface area contributed by atoms with E-state index in [1.54, 1.807) is 0 Å². The van der Waals surface area contributed by atoms with Crippen molar-refractivity contribution in [1.82, 2.24) is 19.5 Å². The molecule has 0 spiro atoms. The standard InChI is InChI=1S/C51H32N4/c1-3-14-33(15-4-1)37-18-13-19-38(32-37)34-26-28-36(29-27-34)50-52-49(35-16-5-2-6-17-35)53-51(54-50)55-45-25-12-11-24-44(45)48-46(55)31-30-43-41-22-8-7-20-39(41)40-21-9-10-23-42(40)47(43)48/h1-32H. The van der Waals surface area contributed by atoms with Gasteiger partial charge in [-0.2, -0.15) is 9.97 Å². The first-order chi connectivity index (χ1) is 27.3. The van der Waals surface area contributed by atoms with Crippen molar-refractivity contribution in [2.75, 3.05) is 0 Å². The van der Waals surface area contributed by atoms with Crippen LogP contribution in [0.4, 0.5) is 0 Å². The van der Waals surface area contributed by atoms with Crippen LogP contribution in [0.1, 0.15) is 0 Å². The van der Waals surface area contributed by atoms with Crippen LogP contribution in [0.3, 0.4) is 0 Å². The summed E-state index contributed by atoms with van der Waals surface area (Å²) >= 11 is 0. The van der Waals surface area contributed by atoms with E-state index in [9.17, 15) is 0 Å². The van der Waals surface area contributed by atoms with Crippen LogP contribution in [-0.2, 0) is 0 Å². The highest BCUT2D eigenvalue weighted by molar-refractivity contribution is 6.35. The molecular weight excluding hydrogens is 669 g/mol. The minimum Gasteiger partial charge on any atom is -0.278 e. The lowest BCUT2D eigenvalue weighted by Crippen LogP contribution is -2.06. The molecule has 0 bridgehead atoms. The number of nitrogens with zero attached hydrogens (tertiary/aromatic N) is 4. The molecule has 0 aliphatic rings. The molecular formula is C51H32N4. The monoisotopic (exact) mass is 700 g/mol. The van der Waals surface area contributed by atoms with Crippen LogP contribution in [0.15, 0.2) is 194 Å². The van der Waals surface area contributed by atoms with Gasteiger partial charge in [-0.15, -0.1) is 0 Å².